The predicted molar refractivity (Wildman–Crippen MR) is 111 cm³/mol. The Morgan fingerprint density at radius 3 is 2.62 bits per heavy atom. The first-order chi connectivity index (χ1) is 16.4. The molecule has 13 heteroatoms. The van der Waals surface area contributed by atoms with Crippen molar-refractivity contribution < 1.29 is 36.8 Å². The number of hydrogen-bond acceptors (Lipinski definition) is 8. The standard InChI is InChI=1S/C21H16F3N5O5/c22-13-7-14(29-10-12(34-21(29)31)9-25-15-3-5-33-27-15)18(23)19(24)17(13)11-1-2-16(26-8-11)28-4-6-32-20(28)30/h1-3,5,7-8,12H,4,6,9-10H2,(H,25,27). The maximum Gasteiger partial charge on any atom is 0.415 e. The van der Waals surface area contributed by atoms with Crippen LogP contribution in [0.25, 0.3) is 11.1 Å². The normalized spacial score (nSPS) is 17.8. The number of nitrogens with one attached hydrogen (secondary N) is 1. The molecule has 1 unspecified atom stereocenters. The van der Waals surface area contributed by atoms with Crippen LogP contribution in [-0.4, -0.2) is 54.7 Å². The van der Waals surface area contributed by atoms with Crippen LogP contribution in [0.4, 0.5) is 40.1 Å². The van der Waals surface area contributed by atoms with Gasteiger partial charge in [-0.2, -0.15) is 0 Å². The molecule has 2 aromatic heterocycles. The molecule has 3 aromatic rings. The number of anilines is 3. The first kappa shape index (κ1) is 21.6. The van der Waals surface area contributed by atoms with Gasteiger partial charge in [0.1, 0.15) is 30.6 Å². The van der Waals surface area contributed by atoms with Crippen molar-refractivity contribution in [2.45, 2.75) is 6.10 Å². The van der Waals surface area contributed by atoms with E-state index < -0.39 is 47.0 Å². The van der Waals surface area contributed by atoms with E-state index in [0.29, 0.717) is 5.82 Å². The summed E-state index contributed by atoms with van der Waals surface area (Å²) in [5.41, 5.74) is -1.28. The number of benzene rings is 1. The zero-order valence-electron chi connectivity index (χ0n) is 17.3. The van der Waals surface area contributed by atoms with Gasteiger partial charge in [-0.1, -0.05) is 5.16 Å². The molecule has 2 saturated heterocycles. The molecule has 5 rings (SSSR count). The highest BCUT2D eigenvalue weighted by atomic mass is 19.2. The first-order valence-corrected chi connectivity index (χ1v) is 10.1. The molecular weight excluding hydrogens is 459 g/mol. The molecule has 1 aromatic carbocycles. The van der Waals surface area contributed by atoms with Gasteiger partial charge in [0.25, 0.3) is 0 Å². The molecular formula is C21H16F3N5O5. The molecule has 176 valence electrons. The minimum Gasteiger partial charge on any atom is -0.447 e. The zero-order chi connectivity index (χ0) is 23.8. The Balaban J connectivity index is 1.37. The maximum atomic E-state index is 14.9. The molecule has 1 atom stereocenters. The van der Waals surface area contributed by atoms with E-state index in [2.05, 4.69) is 20.0 Å². The highest BCUT2D eigenvalue weighted by Crippen LogP contribution is 2.35. The van der Waals surface area contributed by atoms with Crippen LogP contribution < -0.4 is 15.1 Å². The highest BCUT2D eigenvalue weighted by molar-refractivity contribution is 5.91. The Hall–Kier alpha value is -4.29. The lowest BCUT2D eigenvalue weighted by molar-refractivity contribution is 0.147. The topological polar surface area (TPSA) is 110 Å². The number of cyclic esters (lactones) is 2. The average molecular weight is 475 g/mol. The largest absolute Gasteiger partial charge is 0.447 e. The first-order valence-electron chi connectivity index (χ1n) is 10.1. The lowest BCUT2D eigenvalue weighted by Gasteiger charge is -2.17. The van der Waals surface area contributed by atoms with Crippen molar-refractivity contribution in [3.8, 4) is 11.1 Å². The number of hydrogen-bond donors (Lipinski definition) is 1. The maximum absolute atomic E-state index is 14.9. The van der Waals surface area contributed by atoms with Crippen LogP contribution in [0.5, 0.6) is 0 Å². The number of amides is 2. The molecule has 10 nitrogen and oxygen atoms in total. The van der Waals surface area contributed by atoms with Crippen LogP contribution in [0, 0.1) is 17.5 Å². The number of pyridine rings is 1. The van der Waals surface area contributed by atoms with Crippen molar-refractivity contribution >= 4 is 29.5 Å². The SMILES string of the molecule is O=C1OCCN1c1ccc(-c2c(F)cc(N3CC(CNc4ccon4)OC3=O)c(F)c2F)cn1. The molecule has 0 aliphatic carbocycles. The molecule has 2 fully saturated rings. The van der Waals surface area contributed by atoms with Crippen molar-refractivity contribution in [3.05, 3.63) is 54.2 Å². The third kappa shape index (κ3) is 3.84. The van der Waals surface area contributed by atoms with Crippen molar-refractivity contribution in [2.75, 3.05) is 41.4 Å². The lowest BCUT2D eigenvalue weighted by Crippen LogP contribution is -2.28. The van der Waals surface area contributed by atoms with Crippen molar-refractivity contribution in [1.82, 2.24) is 10.1 Å². The fraction of sp³-hybridized carbons (Fsp3) is 0.238. The summed E-state index contributed by atoms with van der Waals surface area (Å²) in [5, 5.41) is 6.52. The van der Waals surface area contributed by atoms with E-state index in [9.17, 15) is 22.8 Å². The zero-order valence-corrected chi connectivity index (χ0v) is 17.3. The predicted octanol–water partition coefficient (Wildman–Crippen LogP) is 3.55. The van der Waals surface area contributed by atoms with Gasteiger partial charge in [0, 0.05) is 23.9 Å². The Labute approximate surface area is 189 Å². The van der Waals surface area contributed by atoms with Crippen LogP contribution in [0.1, 0.15) is 0 Å². The van der Waals surface area contributed by atoms with Gasteiger partial charge < -0.3 is 19.3 Å². The number of aromatic nitrogens is 2. The number of ether oxygens (including phenoxy) is 2. The summed E-state index contributed by atoms with van der Waals surface area (Å²) in [6.07, 6.45) is 0.225. The van der Waals surface area contributed by atoms with Crippen LogP contribution >= 0.6 is 0 Å². The Bertz CT molecular complexity index is 1240. The summed E-state index contributed by atoms with van der Waals surface area (Å²) >= 11 is 0. The molecule has 0 spiro atoms. The second kappa shape index (κ2) is 8.57. The molecule has 1 N–H and O–H groups in total. The van der Waals surface area contributed by atoms with Gasteiger partial charge in [0.05, 0.1) is 30.9 Å². The van der Waals surface area contributed by atoms with Gasteiger partial charge in [-0.3, -0.25) is 9.80 Å². The third-order valence-electron chi connectivity index (χ3n) is 5.33. The van der Waals surface area contributed by atoms with Gasteiger partial charge in [0.2, 0.25) is 0 Å². The average Bonchev–Trinajstić information content (AvgIpc) is 3.57. The van der Waals surface area contributed by atoms with Gasteiger partial charge in [0.15, 0.2) is 17.5 Å². The lowest BCUT2D eigenvalue weighted by atomic mass is 10.0. The Kier molecular flexibility index (Phi) is 5.43. The van der Waals surface area contributed by atoms with E-state index in [1.807, 2.05) is 0 Å². The Morgan fingerprint density at radius 2 is 1.94 bits per heavy atom. The van der Waals surface area contributed by atoms with E-state index in [0.717, 1.165) is 17.2 Å². The summed E-state index contributed by atoms with van der Waals surface area (Å²) < 4.78 is 59.5. The molecule has 2 aliphatic heterocycles. The quantitative estimate of drug-likeness (QED) is 0.539. The smallest absolute Gasteiger partial charge is 0.415 e. The molecule has 0 radical (unpaired) electrons. The molecule has 2 amide bonds. The minimum atomic E-state index is -1.48. The van der Waals surface area contributed by atoms with Gasteiger partial charge in [-0.05, 0) is 12.1 Å². The van der Waals surface area contributed by atoms with Crippen LogP contribution in [0.15, 0.2) is 41.2 Å². The van der Waals surface area contributed by atoms with Crippen LogP contribution in [0.2, 0.25) is 0 Å². The number of nitrogens with zero attached hydrogens (tertiary/aromatic N) is 4. The van der Waals surface area contributed by atoms with Crippen molar-refractivity contribution in [3.63, 3.8) is 0 Å². The van der Waals surface area contributed by atoms with E-state index in [1.54, 1.807) is 6.07 Å². The van der Waals surface area contributed by atoms with Gasteiger partial charge in [-0.25, -0.2) is 27.7 Å². The summed E-state index contributed by atoms with van der Waals surface area (Å²) in [7, 11) is 0. The van der Waals surface area contributed by atoms with Crippen molar-refractivity contribution in [2.24, 2.45) is 0 Å². The summed E-state index contributed by atoms with van der Waals surface area (Å²) in [6.45, 7) is 0.482. The monoisotopic (exact) mass is 475 g/mol. The van der Waals surface area contributed by atoms with E-state index >= 15 is 0 Å². The fourth-order valence-electron chi connectivity index (χ4n) is 3.69. The summed E-state index contributed by atoms with van der Waals surface area (Å²) in [4.78, 5) is 30.0. The van der Waals surface area contributed by atoms with Gasteiger partial charge >= 0.3 is 12.2 Å². The summed E-state index contributed by atoms with van der Waals surface area (Å²) in [6, 6.07) is 4.96. The minimum absolute atomic E-state index is 0.0459. The van der Waals surface area contributed by atoms with E-state index in [1.165, 1.54) is 23.3 Å². The molecule has 0 saturated carbocycles. The van der Waals surface area contributed by atoms with Gasteiger partial charge in [-0.15, -0.1) is 0 Å². The number of halogens is 3. The number of carbonyl (C=O) groups excluding carboxylic acids is 2. The summed E-state index contributed by atoms with van der Waals surface area (Å²) in [5.74, 6) is -3.36. The third-order valence-corrected chi connectivity index (χ3v) is 5.33. The van der Waals surface area contributed by atoms with Crippen LogP contribution in [0.3, 0.4) is 0 Å². The molecule has 34 heavy (non-hydrogen) atoms. The molecule has 0 bridgehead atoms. The fourth-order valence-corrected chi connectivity index (χ4v) is 3.69. The molecule has 4 heterocycles. The molecule has 2 aliphatic rings. The second-order valence-electron chi connectivity index (χ2n) is 7.43. The Morgan fingerprint density at radius 1 is 1.09 bits per heavy atom. The second-order valence-corrected chi connectivity index (χ2v) is 7.43. The van der Waals surface area contributed by atoms with Crippen LogP contribution in [-0.2, 0) is 9.47 Å². The number of rotatable bonds is 6. The highest BCUT2D eigenvalue weighted by Gasteiger charge is 2.36. The van der Waals surface area contributed by atoms with Crippen molar-refractivity contribution in [1.29, 1.82) is 0 Å². The van der Waals surface area contributed by atoms with E-state index in [-0.39, 0.29) is 37.6 Å². The van der Waals surface area contributed by atoms with E-state index in [4.69, 9.17) is 9.47 Å². The number of carbonyl (C=O) groups is 2.